The first-order valence-electron chi connectivity index (χ1n) is 10.3. The van der Waals surface area contributed by atoms with Crippen LogP contribution in [0.1, 0.15) is 46.7 Å². The van der Waals surface area contributed by atoms with Crippen molar-refractivity contribution in [2.75, 3.05) is 26.7 Å². The molecule has 2 fully saturated rings. The van der Waals surface area contributed by atoms with Crippen LogP contribution in [0.2, 0.25) is 0 Å². The third-order valence-corrected chi connectivity index (χ3v) is 6.56. The van der Waals surface area contributed by atoms with Gasteiger partial charge in [0.05, 0.1) is 5.56 Å². The van der Waals surface area contributed by atoms with Crippen molar-refractivity contribution in [3.8, 4) is 0 Å². The van der Waals surface area contributed by atoms with Gasteiger partial charge < -0.3 is 15.3 Å². The lowest BCUT2D eigenvalue weighted by atomic mass is 9.73. The number of rotatable bonds is 7. The number of aromatic carboxylic acids is 1. The molecule has 0 bridgehead atoms. The highest BCUT2D eigenvalue weighted by molar-refractivity contribution is 5.87. The lowest BCUT2D eigenvalue weighted by molar-refractivity contribution is 0.0696. The fourth-order valence-electron chi connectivity index (χ4n) is 4.59. The quantitative estimate of drug-likeness (QED) is 0.770. The van der Waals surface area contributed by atoms with Crippen molar-refractivity contribution >= 4 is 5.97 Å². The Bertz CT molecular complexity index is 812. The van der Waals surface area contributed by atoms with Crippen molar-refractivity contribution in [1.82, 2.24) is 10.2 Å². The monoisotopic (exact) mass is 378 g/mol. The summed E-state index contributed by atoms with van der Waals surface area (Å²) in [5.74, 6) is -0.207. The van der Waals surface area contributed by atoms with Gasteiger partial charge in [0.15, 0.2) is 0 Å². The molecule has 4 rings (SSSR count). The molecule has 2 aliphatic rings. The maximum absolute atomic E-state index is 11.3. The summed E-state index contributed by atoms with van der Waals surface area (Å²) in [6.07, 6.45) is 4.46. The molecule has 1 unspecified atom stereocenters. The van der Waals surface area contributed by atoms with Crippen LogP contribution in [0.5, 0.6) is 0 Å². The Morgan fingerprint density at radius 1 is 1.14 bits per heavy atom. The summed E-state index contributed by atoms with van der Waals surface area (Å²) < 4.78 is 0. The number of hydrogen-bond acceptors (Lipinski definition) is 3. The first kappa shape index (κ1) is 19.2. The molecule has 1 heterocycles. The maximum Gasteiger partial charge on any atom is 0.335 e. The molecule has 28 heavy (non-hydrogen) atoms. The van der Waals surface area contributed by atoms with Gasteiger partial charge in [-0.15, -0.1) is 0 Å². The maximum atomic E-state index is 11.3. The first-order valence-corrected chi connectivity index (χ1v) is 10.3. The molecule has 2 aromatic carbocycles. The molecule has 0 spiro atoms. The minimum Gasteiger partial charge on any atom is -0.478 e. The predicted octanol–water partition coefficient (Wildman–Crippen LogP) is 3.79. The molecule has 4 heteroatoms. The third-order valence-electron chi connectivity index (χ3n) is 6.56. The van der Waals surface area contributed by atoms with Gasteiger partial charge in [-0.1, -0.05) is 42.5 Å². The van der Waals surface area contributed by atoms with Crippen molar-refractivity contribution in [3.63, 3.8) is 0 Å². The normalized spacial score (nSPS) is 24.0. The van der Waals surface area contributed by atoms with E-state index in [1.807, 2.05) is 12.1 Å². The second kappa shape index (κ2) is 8.06. The Hall–Kier alpha value is -2.17. The van der Waals surface area contributed by atoms with Crippen LogP contribution in [0.25, 0.3) is 0 Å². The van der Waals surface area contributed by atoms with Gasteiger partial charge in [0, 0.05) is 18.5 Å². The summed E-state index contributed by atoms with van der Waals surface area (Å²) in [4.78, 5) is 13.7. The molecular formula is C24H30N2O2. The highest BCUT2D eigenvalue weighted by atomic mass is 16.4. The lowest BCUT2D eigenvalue weighted by Crippen LogP contribution is -2.45. The van der Waals surface area contributed by atoms with Crippen molar-refractivity contribution in [3.05, 3.63) is 71.3 Å². The number of piperidine rings is 1. The number of carboxylic acid groups (broad SMARTS) is 1. The van der Waals surface area contributed by atoms with Gasteiger partial charge in [-0.3, -0.25) is 0 Å². The fourth-order valence-corrected chi connectivity index (χ4v) is 4.59. The Kier molecular flexibility index (Phi) is 5.51. The predicted molar refractivity (Wildman–Crippen MR) is 112 cm³/mol. The number of carboxylic acids is 1. The van der Waals surface area contributed by atoms with E-state index in [0.29, 0.717) is 17.5 Å². The van der Waals surface area contributed by atoms with E-state index in [2.05, 4.69) is 53.7 Å². The molecule has 1 saturated carbocycles. The van der Waals surface area contributed by atoms with Gasteiger partial charge in [-0.05, 0) is 74.5 Å². The van der Waals surface area contributed by atoms with Crippen molar-refractivity contribution in [1.29, 1.82) is 0 Å². The molecule has 2 atom stereocenters. The highest BCUT2D eigenvalue weighted by Gasteiger charge is 2.41. The number of carbonyl (C=O) groups is 1. The van der Waals surface area contributed by atoms with E-state index < -0.39 is 5.97 Å². The number of benzene rings is 2. The van der Waals surface area contributed by atoms with Crippen LogP contribution in [0.4, 0.5) is 0 Å². The molecule has 4 nitrogen and oxygen atoms in total. The molecule has 0 radical (unpaired) electrons. The summed E-state index contributed by atoms with van der Waals surface area (Å²) in [6, 6.07) is 18.8. The van der Waals surface area contributed by atoms with Crippen molar-refractivity contribution in [2.24, 2.45) is 5.41 Å². The summed E-state index contributed by atoms with van der Waals surface area (Å²) in [5, 5.41) is 13.2. The molecular weight excluding hydrogens is 348 g/mol. The first-order chi connectivity index (χ1) is 13.5. The number of nitrogens with zero attached hydrogens (tertiary/aromatic N) is 1. The summed E-state index contributed by atoms with van der Waals surface area (Å²) in [6.45, 7) is 3.21. The van der Waals surface area contributed by atoms with Gasteiger partial charge in [0.2, 0.25) is 0 Å². The smallest absolute Gasteiger partial charge is 0.335 e. The Balaban J connectivity index is 1.43. The van der Waals surface area contributed by atoms with Crippen LogP contribution in [-0.2, 0) is 6.42 Å². The Labute approximate surface area is 167 Å². The van der Waals surface area contributed by atoms with Crippen LogP contribution in [0.15, 0.2) is 54.6 Å². The number of nitrogens with one attached hydrogen (secondary N) is 1. The van der Waals surface area contributed by atoms with E-state index in [4.69, 9.17) is 0 Å². The average molecular weight is 379 g/mol. The van der Waals surface area contributed by atoms with Crippen LogP contribution in [-0.4, -0.2) is 48.7 Å². The van der Waals surface area contributed by atoms with E-state index in [0.717, 1.165) is 44.5 Å². The third kappa shape index (κ3) is 4.45. The second-order valence-corrected chi connectivity index (χ2v) is 8.73. The van der Waals surface area contributed by atoms with Gasteiger partial charge in [0.25, 0.3) is 0 Å². The summed E-state index contributed by atoms with van der Waals surface area (Å²) in [5.41, 5.74) is 3.17. The van der Waals surface area contributed by atoms with E-state index in [1.165, 1.54) is 12.0 Å². The standard InChI is InChI=1S/C24H30N2O2/c1-26-12-10-24(11-13-26,16-18-6-5-9-20(14-18)23(27)28)17-25-22-15-21(22)19-7-3-2-4-8-19/h2-9,14,21-22,25H,10-13,15-17H2,1H3,(H,27,28)/t21?,22-/m1/s1. The summed E-state index contributed by atoms with van der Waals surface area (Å²) in [7, 11) is 2.19. The topological polar surface area (TPSA) is 52.6 Å². The van der Waals surface area contributed by atoms with Crippen LogP contribution < -0.4 is 5.32 Å². The Morgan fingerprint density at radius 2 is 1.89 bits per heavy atom. The highest BCUT2D eigenvalue weighted by Crippen LogP contribution is 2.42. The van der Waals surface area contributed by atoms with Gasteiger partial charge in [-0.2, -0.15) is 0 Å². The van der Waals surface area contributed by atoms with Gasteiger partial charge >= 0.3 is 5.97 Å². The zero-order chi connectivity index (χ0) is 19.6. The minimum atomic E-state index is -0.846. The molecule has 1 saturated heterocycles. The van der Waals surface area contributed by atoms with E-state index in [-0.39, 0.29) is 5.41 Å². The molecule has 1 aliphatic carbocycles. The van der Waals surface area contributed by atoms with Crippen LogP contribution >= 0.6 is 0 Å². The summed E-state index contributed by atoms with van der Waals surface area (Å²) >= 11 is 0. The molecule has 148 valence electrons. The molecule has 0 amide bonds. The molecule has 0 aromatic heterocycles. The SMILES string of the molecule is CN1CCC(CN[C@@H]2CC2c2ccccc2)(Cc2cccc(C(=O)O)c2)CC1. The zero-order valence-electron chi connectivity index (χ0n) is 16.6. The van der Waals surface area contributed by atoms with E-state index in [9.17, 15) is 9.90 Å². The minimum absolute atomic E-state index is 0.202. The van der Waals surface area contributed by atoms with Gasteiger partial charge in [0.1, 0.15) is 0 Å². The van der Waals surface area contributed by atoms with E-state index in [1.54, 1.807) is 6.07 Å². The second-order valence-electron chi connectivity index (χ2n) is 8.73. The number of hydrogen-bond donors (Lipinski definition) is 2. The van der Waals surface area contributed by atoms with Crippen LogP contribution in [0.3, 0.4) is 0 Å². The lowest BCUT2D eigenvalue weighted by Gasteiger charge is -2.41. The molecule has 1 aliphatic heterocycles. The fraction of sp³-hybridized carbons (Fsp3) is 0.458. The van der Waals surface area contributed by atoms with Crippen molar-refractivity contribution in [2.45, 2.75) is 37.6 Å². The Morgan fingerprint density at radius 3 is 2.61 bits per heavy atom. The van der Waals surface area contributed by atoms with Crippen molar-refractivity contribution < 1.29 is 9.90 Å². The largest absolute Gasteiger partial charge is 0.478 e. The van der Waals surface area contributed by atoms with Crippen LogP contribution in [0, 0.1) is 5.41 Å². The molecule has 2 aromatic rings. The molecule has 2 N–H and O–H groups in total. The average Bonchev–Trinajstić information content (AvgIpc) is 3.49. The zero-order valence-corrected chi connectivity index (χ0v) is 16.6. The van der Waals surface area contributed by atoms with E-state index >= 15 is 0 Å². The number of likely N-dealkylation sites (tertiary alicyclic amines) is 1. The van der Waals surface area contributed by atoms with Gasteiger partial charge in [-0.25, -0.2) is 4.79 Å².